The van der Waals surface area contributed by atoms with Crippen LogP contribution < -0.4 is 4.90 Å². The number of aromatic nitrogens is 3. The molecule has 0 saturated carbocycles. The third-order valence-corrected chi connectivity index (χ3v) is 8.06. The van der Waals surface area contributed by atoms with Gasteiger partial charge in [-0.15, -0.1) is 0 Å². The Morgan fingerprint density at radius 2 is 1.71 bits per heavy atom. The van der Waals surface area contributed by atoms with E-state index >= 15 is 0 Å². The summed E-state index contributed by atoms with van der Waals surface area (Å²) in [5.74, 6) is 0.909. The van der Waals surface area contributed by atoms with E-state index in [1.165, 1.54) is 44.6 Å². The smallest absolute Gasteiger partial charge is 0.225 e. The molecule has 0 aromatic carbocycles. The van der Waals surface area contributed by atoms with E-state index in [0.29, 0.717) is 16.9 Å². The minimum Gasteiger partial charge on any atom is -0.340 e. The summed E-state index contributed by atoms with van der Waals surface area (Å²) in [4.78, 5) is 21.7. The summed E-state index contributed by atoms with van der Waals surface area (Å²) < 4.78 is 0. The fourth-order valence-corrected chi connectivity index (χ4v) is 6.26. The number of pyridine rings is 1. The average Bonchev–Trinajstić information content (AvgIpc) is 2.93. The monoisotopic (exact) mass is 420 g/mol. The Balaban J connectivity index is 1.35. The van der Waals surface area contributed by atoms with E-state index in [0.717, 1.165) is 37.8 Å². The van der Waals surface area contributed by atoms with E-state index in [-0.39, 0.29) is 0 Å². The first-order chi connectivity index (χ1) is 15.0. The molecule has 1 atom stereocenters. The van der Waals surface area contributed by atoms with Gasteiger partial charge in [0.2, 0.25) is 5.95 Å². The van der Waals surface area contributed by atoms with Crippen LogP contribution in [0.25, 0.3) is 0 Å². The molecule has 0 bridgehead atoms. The molecule has 0 aliphatic carbocycles. The van der Waals surface area contributed by atoms with Gasteiger partial charge in [0.05, 0.1) is 5.69 Å². The largest absolute Gasteiger partial charge is 0.340 e. The average molecular weight is 421 g/mol. The standard InChI is InChI=1S/C25H36N6/c1-20(2)30-17-25(18-30)19-31(23-26-11-6-12-27-23)16-24(25)9-5-13-29(14-10-24)15-22-8-4-7-21(3)28-22/h4,6-8,11-12,20H,5,9-10,13-19H2,1-3H3/t24-/m1/s1. The van der Waals surface area contributed by atoms with Crippen molar-refractivity contribution in [2.45, 2.75) is 52.6 Å². The number of nitrogens with zero attached hydrogens (tertiary/aromatic N) is 6. The van der Waals surface area contributed by atoms with Crippen LogP contribution in [-0.4, -0.2) is 70.1 Å². The maximum atomic E-state index is 4.75. The number of aryl methyl sites for hydroxylation is 1. The summed E-state index contributed by atoms with van der Waals surface area (Å²) in [6.07, 6.45) is 7.59. The molecular formula is C25H36N6. The van der Waals surface area contributed by atoms with Crippen molar-refractivity contribution in [3.05, 3.63) is 48.0 Å². The number of rotatable bonds is 4. The van der Waals surface area contributed by atoms with Gasteiger partial charge in [-0.05, 0) is 76.7 Å². The fourth-order valence-electron chi connectivity index (χ4n) is 6.26. The molecule has 2 spiro atoms. The molecule has 3 aliphatic heterocycles. The highest BCUT2D eigenvalue weighted by molar-refractivity contribution is 5.37. The van der Waals surface area contributed by atoms with Crippen LogP contribution in [0.15, 0.2) is 36.7 Å². The first-order valence-corrected chi connectivity index (χ1v) is 11.9. The minimum absolute atomic E-state index is 0.354. The van der Waals surface area contributed by atoms with Crippen molar-refractivity contribution in [3.8, 4) is 0 Å². The molecule has 5 heterocycles. The number of hydrogen-bond donors (Lipinski definition) is 0. The lowest BCUT2D eigenvalue weighted by Crippen LogP contribution is -2.65. The first kappa shape index (κ1) is 20.8. The summed E-state index contributed by atoms with van der Waals surface area (Å²) in [6.45, 7) is 14.7. The Labute approximate surface area is 186 Å². The molecule has 166 valence electrons. The molecule has 0 N–H and O–H groups in total. The van der Waals surface area contributed by atoms with Gasteiger partial charge < -0.3 is 4.90 Å². The number of fused-ring (bicyclic) bond motifs is 1. The molecule has 0 unspecified atom stereocenters. The van der Waals surface area contributed by atoms with Crippen molar-refractivity contribution in [2.75, 3.05) is 44.2 Å². The van der Waals surface area contributed by atoms with Crippen LogP contribution in [0.5, 0.6) is 0 Å². The lowest BCUT2D eigenvalue weighted by atomic mass is 9.57. The van der Waals surface area contributed by atoms with Gasteiger partial charge in [-0.2, -0.15) is 0 Å². The Hall–Kier alpha value is -2.05. The Morgan fingerprint density at radius 1 is 0.935 bits per heavy atom. The summed E-state index contributed by atoms with van der Waals surface area (Å²) in [5.41, 5.74) is 3.03. The molecule has 6 heteroatoms. The van der Waals surface area contributed by atoms with Crippen LogP contribution in [0.3, 0.4) is 0 Å². The van der Waals surface area contributed by atoms with E-state index in [1.54, 1.807) is 0 Å². The quantitative estimate of drug-likeness (QED) is 0.756. The van der Waals surface area contributed by atoms with Gasteiger partial charge in [0, 0.05) is 62.3 Å². The minimum atomic E-state index is 0.354. The molecule has 0 amide bonds. The molecule has 6 nitrogen and oxygen atoms in total. The summed E-state index contributed by atoms with van der Waals surface area (Å²) in [5, 5.41) is 0. The van der Waals surface area contributed by atoms with E-state index in [1.807, 2.05) is 18.5 Å². The predicted octanol–water partition coefficient (Wildman–Crippen LogP) is 3.38. The second-order valence-electron chi connectivity index (χ2n) is 10.4. The molecular weight excluding hydrogens is 384 g/mol. The van der Waals surface area contributed by atoms with Crippen LogP contribution in [-0.2, 0) is 6.54 Å². The molecule has 5 rings (SSSR count). The van der Waals surface area contributed by atoms with Crippen LogP contribution in [0.1, 0.15) is 44.5 Å². The highest BCUT2D eigenvalue weighted by Crippen LogP contribution is 2.58. The normalized spacial score (nSPS) is 26.5. The molecule has 2 aromatic rings. The van der Waals surface area contributed by atoms with E-state index < -0.39 is 0 Å². The summed E-state index contributed by atoms with van der Waals surface area (Å²) in [6, 6.07) is 8.93. The molecule has 3 fully saturated rings. The maximum absolute atomic E-state index is 4.75. The number of hydrogen-bond acceptors (Lipinski definition) is 6. The summed E-state index contributed by atoms with van der Waals surface area (Å²) in [7, 11) is 0. The van der Waals surface area contributed by atoms with Gasteiger partial charge in [-0.1, -0.05) is 6.07 Å². The van der Waals surface area contributed by atoms with Crippen molar-refractivity contribution in [3.63, 3.8) is 0 Å². The van der Waals surface area contributed by atoms with E-state index in [4.69, 9.17) is 4.98 Å². The molecule has 0 radical (unpaired) electrons. The Kier molecular flexibility index (Phi) is 5.47. The Morgan fingerprint density at radius 3 is 2.45 bits per heavy atom. The van der Waals surface area contributed by atoms with Gasteiger partial charge >= 0.3 is 0 Å². The van der Waals surface area contributed by atoms with Crippen molar-refractivity contribution >= 4 is 5.95 Å². The third-order valence-electron chi connectivity index (χ3n) is 8.06. The lowest BCUT2D eigenvalue weighted by molar-refractivity contribution is -0.0901. The predicted molar refractivity (Wildman–Crippen MR) is 124 cm³/mol. The van der Waals surface area contributed by atoms with Crippen molar-refractivity contribution in [1.82, 2.24) is 24.8 Å². The lowest BCUT2D eigenvalue weighted by Gasteiger charge is -2.58. The second kappa shape index (κ2) is 8.14. The van der Waals surface area contributed by atoms with Gasteiger partial charge in [0.25, 0.3) is 0 Å². The van der Waals surface area contributed by atoms with Crippen LogP contribution >= 0.6 is 0 Å². The topological polar surface area (TPSA) is 48.4 Å². The number of anilines is 1. The molecule has 3 saturated heterocycles. The highest BCUT2D eigenvalue weighted by Gasteiger charge is 2.63. The van der Waals surface area contributed by atoms with E-state index in [9.17, 15) is 0 Å². The van der Waals surface area contributed by atoms with Crippen LogP contribution in [0.4, 0.5) is 5.95 Å². The summed E-state index contributed by atoms with van der Waals surface area (Å²) >= 11 is 0. The maximum Gasteiger partial charge on any atom is 0.225 e. The number of likely N-dealkylation sites (tertiary alicyclic amines) is 2. The second-order valence-corrected chi connectivity index (χ2v) is 10.4. The third kappa shape index (κ3) is 3.85. The first-order valence-electron chi connectivity index (χ1n) is 11.9. The van der Waals surface area contributed by atoms with Gasteiger partial charge in [0.1, 0.15) is 0 Å². The molecule has 2 aromatic heterocycles. The van der Waals surface area contributed by atoms with Gasteiger partial charge in [-0.3, -0.25) is 14.8 Å². The SMILES string of the molecule is Cc1cccc(CN2CCC[C@@]3(CC2)CN(c2ncccn2)CC32CN(C(C)C)C2)n1. The zero-order chi connectivity index (χ0) is 21.5. The zero-order valence-electron chi connectivity index (χ0n) is 19.3. The van der Waals surface area contributed by atoms with Crippen molar-refractivity contribution in [2.24, 2.45) is 10.8 Å². The van der Waals surface area contributed by atoms with Gasteiger partial charge in [-0.25, -0.2) is 9.97 Å². The molecule has 3 aliphatic rings. The van der Waals surface area contributed by atoms with Crippen LogP contribution in [0, 0.1) is 17.8 Å². The zero-order valence-corrected chi connectivity index (χ0v) is 19.3. The van der Waals surface area contributed by atoms with Crippen molar-refractivity contribution in [1.29, 1.82) is 0 Å². The van der Waals surface area contributed by atoms with Crippen LogP contribution in [0.2, 0.25) is 0 Å². The van der Waals surface area contributed by atoms with Gasteiger partial charge in [0.15, 0.2) is 0 Å². The Bertz CT molecular complexity index is 894. The van der Waals surface area contributed by atoms with Crippen molar-refractivity contribution < 1.29 is 0 Å². The van der Waals surface area contributed by atoms with E-state index in [2.05, 4.69) is 63.6 Å². The highest BCUT2D eigenvalue weighted by atomic mass is 15.3. The molecule has 31 heavy (non-hydrogen) atoms. The fraction of sp³-hybridized carbons (Fsp3) is 0.640.